The summed E-state index contributed by atoms with van der Waals surface area (Å²) in [4.78, 5) is 11.2. The summed E-state index contributed by atoms with van der Waals surface area (Å²) in [7, 11) is 0. The van der Waals surface area contributed by atoms with Gasteiger partial charge in [0.2, 0.25) is 0 Å². The van der Waals surface area contributed by atoms with Crippen LogP contribution in [0.2, 0.25) is 0 Å². The van der Waals surface area contributed by atoms with Crippen LogP contribution in [-0.2, 0) is 11.3 Å². The number of thioether (sulfide) groups is 1. The number of aliphatic hydroxyl groups is 1. The first-order valence-corrected chi connectivity index (χ1v) is 6.78. The SMILES string of the molecule is CCC(=O)SC[C@@H](CO)NCc1ccccc1. The van der Waals surface area contributed by atoms with Crippen LogP contribution in [0.3, 0.4) is 0 Å². The summed E-state index contributed by atoms with van der Waals surface area (Å²) >= 11 is 1.28. The average Bonchev–Trinajstić information content (AvgIpc) is 2.39. The number of nitrogens with one attached hydrogen (secondary N) is 1. The van der Waals surface area contributed by atoms with Gasteiger partial charge in [0.1, 0.15) is 0 Å². The topological polar surface area (TPSA) is 49.3 Å². The van der Waals surface area contributed by atoms with Gasteiger partial charge < -0.3 is 10.4 Å². The van der Waals surface area contributed by atoms with E-state index in [-0.39, 0.29) is 17.8 Å². The van der Waals surface area contributed by atoms with Crippen LogP contribution in [0.5, 0.6) is 0 Å². The maximum atomic E-state index is 11.2. The first-order chi connectivity index (χ1) is 8.26. The summed E-state index contributed by atoms with van der Waals surface area (Å²) in [5.41, 5.74) is 1.18. The van der Waals surface area contributed by atoms with Gasteiger partial charge in [-0.25, -0.2) is 0 Å². The third kappa shape index (κ3) is 5.86. The van der Waals surface area contributed by atoms with Crippen molar-refractivity contribution in [1.82, 2.24) is 5.32 Å². The molecule has 1 aromatic rings. The molecule has 1 aromatic carbocycles. The van der Waals surface area contributed by atoms with Gasteiger partial charge in [-0.15, -0.1) is 0 Å². The van der Waals surface area contributed by atoms with Crippen molar-refractivity contribution in [3.05, 3.63) is 35.9 Å². The number of hydrogen-bond donors (Lipinski definition) is 2. The van der Waals surface area contributed by atoms with Gasteiger partial charge in [0.15, 0.2) is 5.12 Å². The van der Waals surface area contributed by atoms with Gasteiger partial charge in [0.05, 0.1) is 6.61 Å². The fraction of sp³-hybridized carbons (Fsp3) is 0.462. The predicted molar refractivity (Wildman–Crippen MR) is 71.9 cm³/mol. The van der Waals surface area contributed by atoms with Crippen LogP contribution < -0.4 is 5.32 Å². The van der Waals surface area contributed by atoms with E-state index >= 15 is 0 Å². The van der Waals surface area contributed by atoms with E-state index in [4.69, 9.17) is 0 Å². The largest absolute Gasteiger partial charge is 0.395 e. The van der Waals surface area contributed by atoms with Crippen molar-refractivity contribution in [3.8, 4) is 0 Å². The number of carbonyl (C=O) groups is 1. The minimum Gasteiger partial charge on any atom is -0.395 e. The molecule has 94 valence electrons. The Morgan fingerprint density at radius 2 is 2.12 bits per heavy atom. The van der Waals surface area contributed by atoms with E-state index in [0.29, 0.717) is 18.7 Å². The predicted octanol–water partition coefficient (Wildman–Crippen LogP) is 1.81. The van der Waals surface area contributed by atoms with E-state index in [9.17, 15) is 9.90 Å². The second-order valence-corrected chi connectivity index (χ2v) is 4.86. The number of rotatable bonds is 7. The minimum atomic E-state index is -0.0318. The second-order valence-electron chi connectivity index (χ2n) is 3.78. The molecule has 0 bridgehead atoms. The summed E-state index contributed by atoms with van der Waals surface area (Å²) < 4.78 is 0. The Labute approximate surface area is 107 Å². The van der Waals surface area contributed by atoms with Crippen molar-refractivity contribution < 1.29 is 9.90 Å². The molecule has 2 N–H and O–H groups in total. The van der Waals surface area contributed by atoms with Crippen LogP contribution in [-0.4, -0.2) is 28.6 Å². The molecule has 0 aliphatic carbocycles. The zero-order valence-electron chi connectivity index (χ0n) is 10.1. The van der Waals surface area contributed by atoms with E-state index in [2.05, 4.69) is 5.32 Å². The average molecular weight is 253 g/mol. The Morgan fingerprint density at radius 1 is 1.41 bits per heavy atom. The highest BCUT2D eigenvalue weighted by molar-refractivity contribution is 8.13. The zero-order valence-corrected chi connectivity index (χ0v) is 10.9. The van der Waals surface area contributed by atoms with Crippen LogP contribution in [0.25, 0.3) is 0 Å². The molecule has 1 atom stereocenters. The molecule has 0 aliphatic rings. The van der Waals surface area contributed by atoms with Crippen molar-refractivity contribution in [2.45, 2.75) is 25.9 Å². The van der Waals surface area contributed by atoms with Crippen LogP contribution in [0.15, 0.2) is 30.3 Å². The Balaban J connectivity index is 2.30. The lowest BCUT2D eigenvalue weighted by molar-refractivity contribution is -0.110. The molecular weight excluding hydrogens is 234 g/mol. The number of hydrogen-bond acceptors (Lipinski definition) is 4. The lowest BCUT2D eigenvalue weighted by Gasteiger charge is -2.15. The highest BCUT2D eigenvalue weighted by Crippen LogP contribution is 2.07. The summed E-state index contributed by atoms with van der Waals surface area (Å²) in [6.07, 6.45) is 0.543. The van der Waals surface area contributed by atoms with Gasteiger partial charge in [0.25, 0.3) is 0 Å². The van der Waals surface area contributed by atoms with Crippen LogP contribution >= 0.6 is 11.8 Å². The van der Waals surface area contributed by atoms with Gasteiger partial charge in [-0.2, -0.15) is 0 Å². The van der Waals surface area contributed by atoms with Crippen molar-refractivity contribution >= 4 is 16.9 Å². The molecule has 0 heterocycles. The van der Waals surface area contributed by atoms with Crippen molar-refractivity contribution in [2.75, 3.05) is 12.4 Å². The minimum absolute atomic E-state index is 0.0318. The summed E-state index contributed by atoms with van der Waals surface area (Å²) in [5.74, 6) is 0.621. The van der Waals surface area contributed by atoms with Gasteiger partial charge >= 0.3 is 0 Å². The Hall–Kier alpha value is -0.840. The molecule has 17 heavy (non-hydrogen) atoms. The molecule has 1 rings (SSSR count). The van der Waals surface area contributed by atoms with E-state index in [1.807, 2.05) is 37.3 Å². The molecule has 0 fully saturated rings. The van der Waals surface area contributed by atoms with Crippen LogP contribution in [0, 0.1) is 0 Å². The number of carbonyl (C=O) groups excluding carboxylic acids is 1. The van der Waals surface area contributed by atoms with Crippen LogP contribution in [0.1, 0.15) is 18.9 Å². The Bertz CT molecular complexity index is 329. The van der Waals surface area contributed by atoms with Gasteiger partial charge in [-0.1, -0.05) is 49.0 Å². The zero-order chi connectivity index (χ0) is 12.5. The molecule has 0 amide bonds. The maximum Gasteiger partial charge on any atom is 0.188 e. The quantitative estimate of drug-likeness (QED) is 0.778. The van der Waals surface area contributed by atoms with E-state index < -0.39 is 0 Å². The third-order valence-electron chi connectivity index (χ3n) is 2.39. The lowest BCUT2D eigenvalue weighted by atomic mass is 10.2. The molecule has 0 radical (unpaired) electrons. The molecule has 0 aliphatic heterocycles. The molecule has 0 unspecified atom stereocenters. The smallest absolute Gasteiger partial charge is 0.188 e. The fourth-order valence-electron chi connectivity index (χ4n) is 1.33. The van der Waals surface area contributed by atoms with Crippen molar-refractivity contribution in [2.24, 2.45) is 0 Å². The van der Waals surface area contributed by atoms with Crippen molar-refractivity contribution in [1.29, 1.82) is 0 Å². The molecule has 4 heteroatoms. The highest BCUT2D eigenvalue weighted by atomic mass is 32.2. The maximum absolute atomic E-state index is 11.2. The molecular formula is C13H19NO2S. The molecule has 0 saturated carbocycles. The number of aliphatic hydroxyl groups excluding tert-OH is 1. The highest BCUT2D eigenvalue weighted by Gasteiger charge is 2.09. The second kappa shape index (κ2) is 8.28. The Morgan fingerprint density at radius 3 is 2.71 bits per heavy atom. The third-order valence-corrected chi connectivity index (χ3v) is 3.57. The summed E-state index contributed by atoms with van der Waals surface area (Å²) in [6.45, 7) is 2.62. The normalized spacial score (nSPS) is 12.4. The fourth-order valence-corrected chi connectivity index (χ4v) is 2.14. The van der Waals surface area contributed by atoms with Gasteiger partial charge in [0, 0.05) is 24.8 Å². The first-order valence-electron chi connectivity index (χ1n) is 5.80. The summed E-state index contributed by atoms with van der Waals surface area (Å²) in [5, 5.41) is 12.6. The van der Waals surface area contributed by atoms with E-state index in [1.54, 1.807) is 0 Å². The summed E-state index contributed by atoms with van der Waals surface area (Å²) in [6, 6.07) is 9.98. The van der Waals surface area contributed by atoms with Crippen LogP contribution in [0.4, 0.5) is 0 Å². The number of benzene rings is 1. The van der Waals surface area contributed by atoms with Gasteiger partial charge in [-0.05, 0) is 5.56 Å². The first kappa shape index (κ1) is 14.2. The molecule has 0 aromatic heterocycles. The van der Waals surface area contributed by atoms with E-state index in [1.165, 1.54) is 17.3 Å². The molecule has 0 saturated heterocycles. The Kier molecular flexibility index (Phi) is 6.93. The van der Waals surface area contributed by atoms with E-state index in [0.717, 1.165) is 0 Å². The van der Waals surface area contributed by atoms with Gasteiger partial charge in [-0.3, -0.25) is 4.79 Å². The molecule has 0 spiro atoms. The monoisotopic (exact) mass is 253 g/mol. The standard InChI is InChI=1S/C13H19NO2S/c1-2-13(16)17-10-12(9-15)14-8-11-6-4-3-5-7-11/h3-7,12,14-15H,2,8-10H2,1H3/t12-/m1/s1. The molecule has 3 nitrogen and oxygen atoms in total. The van der Waals surface area contributed by atoms with Crippen molar-refractivity contribution in [3.63, 3.8) is 0 Å². The lowest BCUT2D eigenvalue weighted by Crippen LogP contribution is -2.34.